The molecule has 6 heteroatoms. The Hall–Kier alpha value is -1.40. The van der Waals surface area contributed by atoms with Gasteiger partial charge in [-0.05, 0) is 17.7 Å². The van der Waals surface area contributed by atoms with Gasteiger partial charge in [-0.25, -0.2) is 0 Å². The summed E-state index contributed by atoms with van der Waals surface area (Å²) in [5, 5.41) is -0.577. The van der Waals surface area contributed by atoms with Gasteiger partial charge in [-0.3, -0.25) is 9.00 Å². The molecule has 1 heterocycles. The van der Waals surface area contributed by atoms with Crippen molar-refractivity contribution in [3.05, 3.63) is 29.8 Å². The van der Waals surface area contributed by atoms with E-state index in [1.165, 1.54) is 0 Å². The SMILES string of the molecule is COCCN1CCS(=O)C(c2ccc(OC)cc2)C1=O. The lowest BCUT2D eigenvalue weighted by molar-refractivity contribution is -0.131. The summed E-state index contributed by atoms with van der Waals surface area (Å²) in [5.74, 6) is 1.14. The van der Waals surface area contributed by atoms with E-state index >= 15 is 0 Å². The smallest absolute Gasteiger partial charge is 0.242 e. The van der Waals surface area contributed by atoms with Crippen molar-refractivity contribution in [1.29, 1.82) is 0 Å². The van der Waals surface area contributed by atoms with E-state index < -0.39 is 16.0 Å². The van der Waals surface area contributed by atoms with Gasteiger partial charge in [0.15, 0.2) is 0 Å². The fraction of sp³-hybridized carbons (Fsp3) is 0.500. The molecule has 0 bridgehead atoms. The van der Waals surface area contributed by atoms with E-state index in [0.29, 0.717) is 25.4 Å². The van der Waals surface area contributed by atoms with Crippen LogP contribution >= 0.6 is 0 Å². The Kier molecular flexibility index (Phi) is 5.14. The summed E-state index contributed by atoms with van der Waals surface area (Å²) in [6.45, 7) is 1.56. The Balaban J connectivity index is 2.18. The standard InChI is InChI=1S/C14H19NO4S/c1-18-9-7-15-8-10-20(17)13(14(15)16)11-3-5-12(19-2)6-4-11/h3-6,13H,7-10H2,1-2H3. The van der Waals surface area contributed by atoms with E-state index in [0.717, 1.165) is 11.3 Å². The highest BCUT2D eigenvalue weighted by Crippen LogP contribution is 2.27. The van der Waals surface area contributed by atoms with Crippen molar-refractivity contribution in [2.24, 2.45) is 0 Å². The molecule has 1 saturated heterocycles. The second-order valence-corrected chi connectivity index (χ2v) is 6.20. The molecule has 1 aliphatic rings. The van der Waals surface area contributed by atoms with Crippen LogP contribution in [0.2, 0.25) is 0 Å². The van der Waals surface area contributed by atoms with Gasteiger partial charge in [0.2, 0.25) is 5.91 Å². The van der Waals surface area contributed by atoms with Crippen LogP contribution in [0.25, 0.3) is 0 Å². The lowest BCUT2D eigenvalue weighted by Crippen LogP contribution is -2.46. The van der Waals surface area contributed by atoms with Gasteiger partial charge in [-0.1, -0.05) is 12.1 Å². The maximum Gasteiger partial charge on any atom is 0.242 e. The number of rotatable bonds is 5. The van der Waals surface area contributed by atoms with E-state index in [1.807, 2.05) is 0 Å². The first kappa shape index (κ1) is 15.0. The minimum atomic E-state index is -1.17. The van der Waals surface area contributed by atoms with Gasteiger partial charge in [0.25, 0.3) is 0 Å². The minimum absolute atomic E-state index is 0.0863. The molecule has 20 heavy (non-hydrogen) atoms. The number of carbonyl (C=O) groups excluding carboxylic acids is 1. The largest absolute Gasteiger partial charge is 0.497 e. The number of ether oxygens (including phenoxy) is 2. The van der Waals surface area contributed by atoms with Crippen LogP contribution in [0.4, 0.5) is 0 Å². The summed E-state index contributed by atoms with van der Waals surface area (Å²) in [6, 6.07) is 7.18. The van der Waals surface area contributed by atoms with Gasteiger partial charge >= 0.3 is 0 Å². The maximum absolute atomic E-state index is 12.4. The van der Waals surface area contributed by atoms with Gasteiger partial charge in [0, 0.05) is 36.8 Å². The zero-order valence-electron chi connectivity index (χ0n) is 11.7. The first-order valence-electron chi connectivity index (χ1n) is 6.46. The van der Waals surface area contributed by atoms with Crippen molar-refractivity contribution in [2.45, 2.75) is 5.25 Å². The van der Waals surface area contributed by atoms with Crippen LogP contribution in [0.15, 0.2) is 24.3 Å². The van der Waals surface area contributed by atoms with E-state index in [-0.39, 0.29) is 5.91 Å². The predicted octanol–water partition coefficient (Wildman–Crippen LogP) is 0.974. The van der Waals surface area contributed by atoms with Crippen LogP contribution < -0.4 is 4.74 Å². The highest BCUT2D eigenvalue weighted by Gasteiger charge is 2.35. The monoisotopic (exact) mass is 297 g/mol. The molecule has 1 aromatic rings. The normalized spacial score (nSPS) is 22.9. The molecule has 5 nitrogen and oxygen atoms in total. The third-order valence-corrected chi connectivity index (χ3v) is 4.93. The summed E-state index contributed by atoms with van der Waals surface area (Å²) in [5.41, 5.74) is 0.774. The van der Waals surface area contributed by atoms with Gasteiger partial charge in [0.1, 0.15) is 11.0 Å². The zero-order chi connectivity index (χ0) is 14.5. The molecular formula is C14H19NO4S. The van der Waals surface area contributed by atoms with Crippen LogP contribution in [-0.4, -0.2) is 54.7 Å². The number of nitrogens with zero attached hydrogens (tertiary/aromatic N) is 1. The highest BCUT2D eigenvalue weighted by atomic mass is 32.2. The van der Waals surface area contributed by atoms with Crippen LogP contribution in [0, 0.1) is 0 Å². The van der Waals surface area contributed by atoms with Crippen molar-refractivity contribution in [3.63, 3.8) is 0 Å². The molecule has 0 N–H and O–H groups in total. The molecule has 0 spiro atoms. The number of hydrogen-bond donors (Lipinski definition) is 0. The quantitative estimate of drug-likeness (QED) is 0.813. The van der Waals surface area contributed by atoms with E-state index in [4.69, 9.17) is 9.47 Å². The Morgan fingerprint density at radius 2 is 2.00 bits per heavy atom. The molecule has 1 amide bonds. The van der Waals surface area contributed by atoms with Crippen molar-refractivity contribution in [3.8, 4) is 5.75 Å². The van der Waals surface area contributed by atoms with Crippen molar-refractivity contribution in [2.75, 3.05) is 39.7 Å². The van der Waals surface area contributed by atoms with Gasteiger partial charge < -0.3 is 14.4 Å². The summed E-state index contributed by atoms with van der Waals surface area (Å²) in [7, 11) is 2.03. The second kappa shape index (κ2) is 6.85. The Labute approximate surface area is 121 Å². The molecule has 2 atom stereocenters. The van der Waals surface area contributed by atoms with E-state index in [2.05, 4.69) is 0 Å². The summed E-state index contributed by atoms with van der Waals surface area (Å²) in [6.07, 6.45) is 0. The van der Waals surface area contributed by atoms with Crippen LogP contribution in [0.1, 0.15) is 10.8 Å². The first-order valence-corrected chi connectivity index (χ1v) is 7.84. The topological polar surface area (TPSA) is 55.8 Å². The Bertz CT molecular complexity index is 488. The number of carbonyl (C=O) groups is 1. The fourth-order valence-electron chi connectivity index (χ4n) is 2.20. The number of hydrogen-bond acceptors (Lipinski definition) is 4. The maximum atomic E-state index is 12.4. The van der Waals surface area contributed by atoms with Crippen molar-refractivity contribution < 1.29 is 18.5 Å². The van der Waals surface area contributed by atoms with Gasteiger partial charge in [0.05, 0.1) is 13.7 Å². The molecular weight excluding hydrogens is 278 g/mol. The van der Waals surface area contributed by atoms with Crippen molar-refractivity contribution >= 4 is 16.7 Å². The molecule has 0 saturated carbocycles. The van der Waals surface area contributed by atoms with Gasteiger partial charge in [-0.15, -0.1) is 0 Å². The molecule has 1 aliphatic heterocycles. The first-order chi connectivity index (χ1) is 9.67. The second-order valence-electron chi connectivity index (χ2n) is 4.56. The average Bonchev–Trinajstić information content (AvgIpc) is 2.47. The number of amides is 1. The summed E-state index contributed by atoms with van der Waals surface area (Å²) in [4.78, 5) is 14.2. The summed E-state index contributed by atoms with van der Waals surface area (Å²) >= 11 is 0. The van der Waals surface area contributed by atoms with Crippen LogP contribution in [0.3, 0.4) is 0 Å². The molecule has 0 aliphatic carbocycles. The molecule has 0 radical (unpaired) electrons. The lowest BCUT2D eigenvalue weighted by atomic mass is 10.1. The minimum Gasteiger partial charge on any atom is -0.497 e. The predicted molar refractivity (Wildman–Crippen MR) is 77.2 cm³/mol. The third-order valence-electron chi connectivity index (χ3n) is 3.35. The number of methoxy groups -OCH3 is 2. The Morgan fingerprint density at radius 1 is 1.30 bits per heavy atom. The molecule has 0 aromatic heterocycles. The molecule has 110 valence electrons. The number of benzene rings is 1. The lowest BCUT2D eigenvalue weighted by Gasteiger charge is -2.31. The fourth-order valence-corrected chi connectivity index (χ4v) is 3.67. The molecule has 1 aromatic carbocycles. The summed E-state index contributed by atoms with van der Waals surface area (Å²) < 4.78 is 22.3. The Morgan fingerprint density at radius 3 is 2.60 bits per heavy atom. The third kappa shape index (κ3) is 3.19. The van der Waals surface area contributed by atoms with E-state index in [9.17, 15) is 9.00 Å². The average molecular weight is 297 g/mol. The molecule has 2 rings (SSSR count). The van der Waals surface area contributed by atoms with Crippen LogP contribution in [0.5, 0.6) is 5.75 Å². The van der Waals surface area contributed by atoms with Crippen LogP contribution in [-0.2, 0) is 20.3 Å². The zero-order valence-corrected chi connectivity index (χ0v) is 12.5. The van der Waals surface area contributed by atoms with Crippen molar-refractivity contribution in [1.82, 2.24) is 4.90 Å². The highest BCUT2D eigenvalue weighted by molar-refractivity contribution is 7.86. The molecule has 2 unspecified atom stereocenters. The van der Waals surface area contributed by atoms with Gasteiger partial charge in [-0.2, -0.15) is 0 Å². The van der Waals surface area contributed by atoms with E-state index in [1.54, 1.807) is 43.4 Å². The molecule has 1 fully saturated rings.